The molecule has 0 aliphatic carbocycles. The van der Waals surface area contributed by atoms with E-state index in [1.165, 1.54) is 10.5 Å². The smallest absolute Gasteiger partial charge is 0.278 e. The van der Waals surface area contributed by atoms with Crippen molar-refractivity contribution in [3.05, 3.63) is 34.3 Å². The van der Waals surface area contributed by atoms with Gasteiger partial charge in [-0.15, -0.1) is 0 Å². The van der Waals surface area contributed by atoms with Crippen LogP contribution in [0.2, 0.25) is 0 Å². The lowest BCUT2D eigenvalue weighted by atomic mass is 10.1. The van der Waals surface area contributed by atoms with Gasteiger partial charge in [0, 0.05) is 17.1 Å². The summed E-state index contributed by atoms with van der Waals surface area (Å²) in [4.78, 5) is 14.8. The highest BCUT2D eigenvalue weighted by Crippen LogP contribution is 2.10. The first-order valence-corrected chi connectivity index (χ1v) is 7.29. The van der Waals surface area contributed by atoms with Gasteiger partial charge < -0.3 is 9.80 Å². The molecule has 1 aromatic rings. The van der Waals surface area contributed by atoms with Crippen molar-refractivity contribution in [2.24, 2.45) is 0 Å². The van der Waals surface area contributed by atoms with Gasteiger partial charge in [-0.05, 0) is 26.0 Å². The van der Waals surface area contributed by atoms with E-state index in [0.29, 0.717) is 6.54 Å². The van der Waals surface area contributed by atoms with E-state index in [9.17, 15) is 4.79 Å². The largest absolute Gasteiger partial charge is 0.326 e. The van der Waals surface area contributed by atoms with E-state index in [-0.39, 0.29) is 5.91 Å². The Morgan fingerprint density at radius 2 is 1.95 bits per heavy atom. The average molecular weight is 339 g/mol. The van der Waals surface area contributed by atoms with E-state index in [2.05, 4.69) is 22.0 Å². The van der Waals surface area contributed by atoms with Gasteiger partial charge >= 0.3 is 0 Å². The first kappa shape index (κ1) is 16.7. The maximum absolute atomic E-state index is 12.1. The van der Waals surface area contributed by atoms with Gasteiger partial charge in [-0.3, -0.25) is 4.79 Å². The summed E-state index contributed by atoms with van der Waals surface area (Å²) in [7, 11) is 3.66. The maximum atomic E-state index is 12.1. The van der Waals surface area contributed by atoms with Crippen LogP contribution < -0.4 is 4.90 Å². The van der Waals surface area contributed by atoms with E-state index in [0.717, 1.165) is 15.9 Å². The van der Waals surface area contributed by atoms with Crippen molar-refractivity contribution in [2.45, 2.75) is 25.9 Å². The molecule has 5 heteroatoms. The molecule has 0 spiro atoms. The Hall–Kier alpha value is -1.38. The number of hydrogen-bond acceptors (Lipinski definition) is 2. The molecule has 0 saturated heterocycles. The Balaban J connectivity index is 2.58. The van der Waals surface area contributed by atoms with E-state index in [1.54, 1.807) is 20.9 Å². The molecular formula is C15H21BrN3O+. The van der Waals surface area contributed by atoms with Crippen LogP contribution in [0.25, 0.3) is 0 Å². The number of nitrogens with one attached hydrogen (secondary N) is 1. The number of likely N-dealkylation sites (N-methyl/N-ethyl adjacent to an activating group) is 2. The van der Waals surface area contributed by atoms with Gasteiger partial charge in [0.15, 0.2) is 6.54 Å². The molecule has 0 aromatic heterocycles. The summed E-state index contributed by atoms with van der Waals surface area (Å²) in [5.74, 6) is -0.0221. The molecule has 1 unspecified atom stereocenters. The average Bonchev–Trinajstić information content (AvgIpc) is 2.40. The fourth-order valence-corrected chi connectivity index (χ4v) is 2.04. The second-order valence-electron chi connectivity index (χ2n) is 5.56. The number of carbonyl (C=O) groups is 1. The zero-order chi connectivity index (χ0) is 15.3. The Morgan fingerprint density at radius 1 is 1.40 bits per heavy atom. The molecule has 4 nitrogen and oxygen atoms in total. The van der Waals surface area contributed by atoms with Gasteiger partial charge in [0.1, 0.15) is 12.1 Å². The molecule has 0 fully saturated rings. The molecule has 0 radical (unpaired) electrons. The summed E-state index contributed by atoms with van der Waals surface area (Å²) in [6.07, 6.45) is 0. The Morgan fingerprint density at radius 3 is 2.45 bits per heavy atom. The second kappa shape index (κ2) is 6.87. The molecule has 0 heterocycles. The number of rotatable bonds is 5. The molecule has 1 aromatic carbocycles. The normalized spacial score (nSPS) is 12.6. The number of quaternary nitrogens is 1. The number of hydrogen-bond donors (Lipinski definition) is 1. The molecule has 1 rings (SSSR count). The number of amides is 1. The predicted molar refractivity (Wildman–Crippen MR) is 82.1 cm³/mol. The molecule has 108 valence electrons. The van der Waals surface area contributed by atoms with Crippen LogP contribution in [-0.4, -0.2) is 37.0 Å². The molecule has 1 N–H and O–H groups in total. The van der Waals surface area contributed by atoms with Crippen molar-refractivity contribution in [3.8, 4) is 6.07 Å². The number of halogens is 1. The molecule has 0 aliphatic rings. The summed E-state index contributed by atoms with van der Waals surface area (Å²) in [6, 6.07) is 10.2. The van der Waals surface area contributed by atoms with Gasteiger partial charge in [0.05, 0.1) is 13.1 Å². The SMILES string of the molecule is CN(C(=O)C[NH+](C)Cc1ccc(Br)cc1)C(C)(C)C#N. The van der Waals surface area contributed by atoms with E-state index < -0.39 is 5.54 Å². The Bertz CT molecular complexity index is 505. The lowest BCUT2D eigenvalue weighted by Gasteiger charge is -2.29. The molecule has 0 aliphatic heterocycles. The summed E-state index contributed by atoms with van der Waals surface area (Å²) in [5.41, 5.74) is 0.412. The highest BCUT2D eigenvalue weighted by molar-refractivity contribution is 9.10. The highest BCUT2D eigenvalue weighted by atomic mass is 79.9. The van der Waals surface area contributed by atoms with Gasteiger partial charge in [0.25, 0.3) is 5.91 Å². The van der Waals surface area contributed by atoms with Gasteiger partial charge in [-0.2, -0.15) is 5.26 Å². The van der Waals surface area contributed by atoms with Crippen LogP contribution in [0.1, 0.15) is 19.4 Å². The van der Waals surface area contributed by atoms with Crippen molar-refractivity contribution in [1.82, 2.24) is 4.90 Å². The number of carbonyl (C=O) groups excluding carboxylic acids is 1. The molecule has 1 atom stereocenters. The van der Waals surface area contributed by atoms with Crippen molar-refractivity contribution in [1.29, 1.82) is 5.26 Å². The van der Waals surface area contributed by atoms with Crippen molar-refractivity contribution in [3.63, 3.8) is 0 Å². The third-order valence-electron chi connectivity index (χ3n) is 3.36. The third-order valence-corrected chi connectivity index (χ3v) is 3.89. The van der Waals surface area contributed by atoms with Crippen molar-refractivity contribution >= 4 is 21.8 Å². The van der Waals surface area contributed by atoms with Gasteiger partial charge in [0.2, 0.25) is 0 Å². The van der Waals surface area contributed by atoms with Crippen LogP contribution in [-0.2, 0) is 11.3 Å². The summed E-state index contributed by atoms with van der Waals surface area (Å²) >= 11 is 3.40. The second-order valence-corrected chi connectivity index (χ2v) is 6.48. The van der Waals surface area contributed by atoms with E-state index >= 15 is 0 Å². The van der Waals surface area contributed by atoms with Crippen LogP contribution in [0.5, 0.6) is 0 Å². The zero-order valence-electron chi connectivity index (χ0n) is 12.4. The van der Waals surface area contributed by atoms with E-state index in [1.807, 2.05) is 31.3 Å². The number of benzene rings is 1. The summed E-state index contributed by atoms with van der Waals surface area (Å²) in [6.45, 7) is 4.64. The van der Waals surface area contributed by atoms with Crippen LogP contribution >= 0.6 is 15.9 Å². The minimum atomic E-state index is -0.769. The predicted octanol–water partition coefficient (Wildman–Crippen LogP) is 1.22. The van der Waals surface area contributed by atoms with Gasteiger partial charge in [-0.25, -0.2) is 0 Å². The van der Waals surface area contributed by atoms with Crippen LogP contribution in [0.4, 0.5) is 0 Å². The number of nitriles is 1. The molecule has 0 bridgehead atoms. The van der Waals surface area contributed by atoms with Gasteiger partial charge in [-0.1, -0.05) is 28.1 Å². The Labute approximate surface area is 129 Å². The third kappa shape index (κ3) is 4.62. The van der Waals surface area contributed by atoms with Crippen LogP contribution in [0, 0.1) is 11.3 Å². The minimum absolute atomic E-state index is 0.0221. The first-order valence-electron chi connectivity index (χ1n) is 6.50. The first-order chi connectivity index (χ1) is 9.26. The molecular weight excluding hydrogens is 318 g/mol. The monoisotopic (exact) mass is 338 g/mol. The zero-order valence-corrected chi connectivity index (χ0v) is 14.0. The Kier molecular flexibility index (Phi) is 5.73. The standard InChI is InChI=1S/C15H20BrN3O/c1-15(2,11-17)19(4)14(20)10-18(3)9-12-5-7-13(16)8-6-12/h5-8H,9-10H2,1-4H3/p+1. The molecule has 20 heavy (non-hydrogen) atoms. The fourth-order valence-electron chi connectivity index (χ4n) is 1.78. The molecule has 1 amide bonds. The summed E-state index contributed by atoms with van der Waals surface area (Å²) in [5, 5.41) is 9.05. The summed E-state index contributed by atoms with van der Waals surface area (Å²) < 4.78 is 1.05. The lowest BCUT2D eigenvalue weighted by molar-refractivity contribution is -0.885. The van der Waals surface area contributed by atoms with E-state index in [4.69, 9.17) is 5.26 Å². The number of nitrogens with zero attached hydrogens (tertiary/aromatic N) is 2. The minimum Gasteiger partial charge on any atom is -0.326 e. The van der Waals surface area contributed by atoms with Crippen LogP contribution in [0.15, 0.2) is 28.7 Å². The quantitative estimate of drug-likeness (QED) is 0.877. The molecule has 0 saturated carbocycles. The van der Waals surface area contributed by atoms with Crippen LogP contribution in [0.3, 0.4) is 0 Å². The lowest BCUT2D eigenvalue weighted by Crippen LogP contribution is -3.09. The maximum Gasteiger partial charge on any atom is 0.278 e. The van der Waals surface area contributed by atoms with Crippen molar-refractivity contribution < 1.29 is 9.69 Å². The topological polar surface area (TPSA) is 48.5 Å². The highest BCUT2D eigenvalue weighted by Gasteiger charge is 2.28. The van der Waals surface area contributed by atoms with Crippen molar-refractivity contribution in [2.75, 3.05) is 20.6 Å². The fraction of sp³-hybridized carbons (Fsp3) is 0.467.